The summed E-state index contributed by atoms with van der Waals surface area (Å²) >= 11 is 3.48. The first-order valence-electron chi connectivity index (χ1n) is 7.14. The summed E-state index contributed by atoms with van der Waals surface area (Å²) < 4.78 is 30.9. The van der Waals surface area contributed by atoms with Crippen molar-refractivity contribution < 1.29 is 13.2 Å². The third kappa shape index (κ3) is 4.44. The van der Waals surface area contributed by atoms with Crippen LogP contribution in [-0.4, -0.2) is 38.7 Å². The second-order valence-corrected chi connectivity index (χ2v) is 8.18. The maximum absolute atomic E-state index is 11.6. The molecule has 118 valence electrons. The Labute approximate surface area is 135 Å². The van der Waals surface area contributed by atoms with Crippen molar-refractivity contribution in [1.29, 1.82) is 0 Å². The van der Waals surface area contributed by atoms with Crippen LogP contribution in [0.2, 0.25) is 0 Å². The van der Waals surface area contributed by atoms with Crippen LogP contribution in [0.4, 0.5) is 0 Å². The first-order valence-corrected chi connectivity index (χ1v) is 10.1. The molecule has 0 radical (unpaired) electrons. The Kier molecular flexibility index (Phi) is 5.68. The Balaban J connectivity index is 2.00. The molecule has 0 amide bonds. The molecule has 0 saturated carbocycles. The van der Waals surface area contributed by atoms with Crippen LogP contribution >= 0.6 is 15.9 Å². The minimum atomic E-state index is -3.09. The molecule has 0 N–H and O–H groups in total. The Morgan fingerprint density at radius 3 is 2.86 bits per heavy atom. The average molecular weight is 376 g/mol. The molecule has 1 aromatic carbocycles. The van der Waals surface area contributed by atoms with Gasteiger partial charge in [-0.25, -0.2) is 12.7 Å². The lowest BCUT2D eigenvalue weighted by molar-refractivity contribution is 0.179. The standard InChI is InChI=1S/C15H22BrNO3S/c1-12-5-3-7-14(9-16)15(12)20-11-13-6-4-8-17(10-13)21(2,18)19/h3,5,7,13H,4,6,8-11H2,1-2H3. The summed E-state index contributed by atoms with van der Waals surface area (Å²) in [5, 5.41) is 0.754. The maximum atomic E-state index is 11.6. The third-order valence-electron chi connectivity index (χ3n) is 3.85. The van der Waals surface area contributed by atoms with Crippen molar-refractivity contribution in [3.8, 4) is 5.75 Å². The van der Waals surface area contributed by atoms with Crippen molar-refractivity contribution in [3.05, 3.63) is 29.3 Å². The molecule has 1 aliphatic rings. The van der Waals surface area contributed by atoms with Gasteiger partial charge >= 0.3 is 0 Å². The van der Waals surface area contributed by atoms with E-state index in [9.17, 15) is 8.42 Å². The number of hydrogen-bond donors (Lipinski definition) is 0. The quantitative estimate of drug-likeness (QED) is 0.743. The lowest BCUT2D eigenvalue weighted by atomic mass is 10.0. The number of para-hydroxylation sites is 1. The van der Waals surface area contributed by atoms with Crippen LogP contribution in [0.1, 0.15) is 24.0 Å². The number of halogens is 1. The number of sulfonamides is 1. The maximum Gasteiger partial charge on any atom is 0.211 e. The smallest absolute Gasteiger partial charge is 0.211 e. The highest BCUT2D eigenvalue weighted by atomic mass is 79.9. The summed E-state index contributed by atoms with van der Waals surface area (Å²) in [4.78, 5) is 0. The zero-order valence-electron chi connectivity index (χ0n) is 12.5. The fraction of sp³-hybridized carbons (Fsp3) is 0.600. The highest BCUT2D eigenvalue weighted by Crippen LogP contribution is 2.27. The summed E-state index contributed by atoms with van der Waals surface area (Å²) in [7, 11) is -3.09. The fourth-order valence-corrected chi connectivity index (χ4v) is 4.07. The van der Waals surface area contributed by atoms with Gasteiger partial charge < -0.3 is 4.74 Å². The molecule has 1 atom stereocenters. The number of rotatable bonds is 5. The summed E-state index contributed by atoms with van der Waals surface area (Å²) in [6.45, 7) is 3.79. The molecule has 1 unspecified atom stereocenters. The summed E-state index contributed by atoms with van der Waals surface area (Å²) in [5.41, 5.74) is 2.24. The molecule has 21 heavy (non-hydrogen) atoms. The van der Waals surface area contributed by atoms with Gasteiger partial charge in [-0.2, -0.15) is 0 Å². The SMILES string of the molecule is Cc1cccc(CBr)c1OCC1CCCN(S(C)(=O)=O)C1. The molecular weight excluding hydrogens is 354 g/mol. The monoisotopic (exact) mass is 375 g/mol. The van der Waals surface area contributed by atoms with Gasteiger partial charge in [-0.05, 0) is 25.3 Å². The molecule has 6 heteroatoms. The molecule has 1 heterocycles. The predicted octanol–water partition coefficient (Wildman–Crippen LogP) is 2.94. The van der Waals surface area contributed by atoms with Gasteiger partial charge in [0.05, 0.1) is 12.9 Å². The Hall–Kier alpha value is -0.590. The van der Waals surface area contributed by atoms with E-state index < -0.39 is 10.0 Å². The van der Waals surface area contributed by atoms with Crippen LogP contribution in [0.15, 0.2) is 18.2 Å². The van der Waals surface area contributed by atoms with Gasteiger partial charge in [0.2, 0.25) is 10.0 Å². The number of nitrogens with zero attached hydrogens (tertiary/aromatic N) is 1. The van der Waals surface area contributed by atoms with E-state index in [0.29, 0.717) is 19.7 Å². The van der Waals surface area contributed by atoms with Crippen molar-refractivity contribution in [1.82, 2.24) is 4.31 Å². The number of benzene rings is 1. The number of aryl methyl sites for hydroxylation is 1. The third-order valence-corrected chi connectivity index (χ3v) is 5.73. The van der Waals surface area contributed by atoms with E-state index in [1.807, 2.05) is 25.1 Å². The average Bonchev–Trinajstić information content (AvgIpc) is 2.45. The van der Waals surface area contributed by atoms with E-state index in [-0.39, 0.29) is 5.92 Å². The second-order valence-electron chi connectivity index (χ2n) is 5.64. The lowest BCUT2D eigenvalue weighted by Gasteiger charge is -2.31. The zero-order chi connectivity index (χ0) is 15.5. The van der Waals surface area contributed by atoms with E-state index in [4.69, 9.17) is 4.74 Å². The molecule has 1 aromatic rings. The van der Waals surface area contributed by atoms with Crippen molar-refractivity contribution in [2.45, 2.75) is 25.1 Å². The summed E-state index contributed by atoms with van der Waals surface area (Å²) in [6, 6.07) is 6.09. The minimum Gasteiger partial charge on any atom is -0.493 e. The molecular formula is C15H22BrNO3S. The normalized spacial score (nSPS) is 20.4. The van der Waals surface area contributed by atoms with E-state index in [1.165, 1.54) is 6.26 Å². The molecule has 1 aliphatic heterocycles. The minimum absolute atomic E-state index is 0.260. The zero-order valence-corrected chi connectivity index (χ0v) is 14.9. The van der Waals surface area contributed by atoms with Crippen LogP contribution in [0.3, 0.4) is 0 Å². The summed E-state index contributed by atoms with van der Waals surface area (Å²) in [5.74, 6) is 1.18. The number of hydrogen-bond acceptors (Lipinski definition) is 3. The molecule has 0 bridgehead atoms. The largest absolute Gasteiger partial charge is 0.493 e. The summed E-state index contributed by atoms with van der Waals surface area (Å²) in [6.07, 6.45) is 3.20. The van der Waals surface area contributed by atoms with Crippen molar-refractivity contribution in [3.63, 3.8) is 0 Å². The highest BCUT2D eigenvalue weighted by Gasteiger charge is 2.26. The molecule has 0 aliphatic carbocycles. The van der Waals surface area contributed by atoms with E-state index in [0.717, 1.165) is 35.0 Å². The second kappa shape index (κ2) is 7.11. The first-order chi connectivity index (χ1) is 9.91. The van der Waals surface area contributed by atoms with Gasteiger partial charge in [0.15, 0.2) is 0 Å². The van der Waals surface area contributed by atoms with Gasteiger partial charge in [-0.15, -0.1) is 0 Å². The predicted molar refractivity (Wildman–Crippen MR) is 88.4 cm³/mol. The van der Waals surface area contributed by atoms with Gasteiger partial charge in [-0.3, -0.25) is 0 Å². The van der Waals surface area contributed by atoms with Crippen molar-refractivity contribution in [2.24, 2.45) is 5.92 Å². The van der Waals surface area contributed by atoms with E-state index in [2.05, 4.69) is 15.9 Å². The highest BCUT2D eigenvalue weighted by molar-refractivity contribution is 9.08. The van der Waals surface area contributed by atoms with Gasteiger partial charge in [0, 0.05) is 29.9 Å². The van der Waals surface area contributed by atoms with Crippen LogP contribution < -0.4 is 4.74 Å². The Bertz CT molecular complexity index is 589. The molecule has 0 spiro atoms. The molecule has 4 nitrogen and oxygen atoms in total. The Morgan fingerprint density at radius 2 is 2.19 bits per heavy atom. The number of piperidine rings is 1. The first kappa shape index (κ1) is 16.8. The topological polar surface area (TPSA) is 46.6 Å². The molecule has 1 saturated heterocycles. The van der Waals surface area contributed by atoms with Crippen LogP contribution in [0.25, 0.3) is 0 Å². The molecule has 1 fully saturated rings. The Morgan fingerprint density at radius 1 is 1.43 bits per heavy atom. The van der Waals surface area contributed by atoms with Crippen LogP contribution in [0, 0.1) is 12.8 Å². The van der Waals surface area contributed by atoms with Gasteiger partial charge in [0.1, 0.15) is 5.75 Å². The number of alkyl halides is 1. The van der Waals surface area contributed by atoms with Crippen LogP contribution in [-0.2, 0) is 15.4 Å². The van der Waals surface area contributed by atoms with Gasteiger partial charge in [0.25, 0.3) is 0 Å². The van der Waals surface area contributed by atoms with Crippen LogP contribution in [0.5, 0.6) is 5.75 Å². The van der Waals surface area contributed by atoms with E-state index in [1.54, 1.807) is 4.31 Å². The van der Waals surface area contributed by atoms with E-state index >= 15 is 0 Å². The molecule has 0 aromatic heterocycles. The van der Waals surface area contributed by atoms with Gasteiger partial charge in [-0.1, -0.05) is 34.1 Å². The lowest BCUT2D eigenvalue weighted by Crippen LogP contribution is -2.41. The van der Waals surface area contributed by atoms with Crippen molar-refractivity contribution >= 4 is 26.0 Å². The fourth-order valence-electron chi connectivity index (χ4n) is 2.69. The number of ether oxygens (including phenoxy) is 1. The molecule has 2 rings (SSSR count). The van der Waals surface area contributed by atoms with Crippen molar-refractivity contribution in [2.75, 3.05) is 26.0 Å².